The van der Waals surface area contributed by atoms with Crippen LogP contribution in [0.1, 0.15) is 12.0 Å². The van der Waals surface area contributed by atoms with Gasteiger partial charge in [-0.2, -0.15) is 5.06 Å². The second-order valence-electron chi connectivity index (χ2n) is 4.25. The Labute approximate surface area is 113 Å². The molecule has 1 aromatic rings. The lowest BCUT2D eigenvalue weighted by molar-refractivity contribution is -0.0706. The van der Waals surface area contributed by atoms with Crippen LogP contribution < -0.4 is 4.84 Å². The number of carbonyl (C=O) groups is 1. The Hall–Kier alpha value is -1.79. The van der Waals surface area contributed by atoms with Crippen molar-refractivity contribution in [2.75, 3.05) is 27.2 Å². The molecule has 0 unspecified atom stereocenters. The molecule has 1 rings (SSSR count). The number of carbonyl (C=O) groups excluding carboxylic acids is 1. The van der Waals surface area contributed by atoms with Gasteiger partial charge in [0.15, 0.2) is 5.75 Å². The number of amides is 1. The summed E-state index contributed by atoms with van der Waals surface area (Å²) in [6, 6.07) is 7.34. The van der Waals surface area contributed by atoms with Gasteiger partial charge in [0.2, 0.25) is 0 Å². The van der Waals surface area contributed by atoms with Gasteiger partial charge in [0.25, 0.3) is 0 Å². The molecular weight excluding hydrogens is 248 g/mol. The Morgan fingerprint density at radius 3 is 2.47 bits per heavy atom. The molecule has 1 amide bonds. The van der Waals surface area contributed by atoms with E-state index in [0.717, 1.165) is 15.7 Å². The second kappa shape index (κ2) is 7.60. The van der Waals surface area contributed by atoms with E-state index in [1.807, 2.05) is 19.1 Å². The standard InChI is InChI=1S/C13H20N2O4/c1-11-5-7-12(8-6-11)19-15(3)13(16)18-10-4-9-14(2)17/h5-8,17H,4,9-10H2,1-3H3. The van der Waals surface area contributed by atoms with Crippen molar-refractivity contribution in [3.8, 4) is 5.75 Å². The highest BCUT2D eigenvalue weighted by Gasteiger charge is 2.11. The van der Waals surface area contributed by atoms with Crippen LogP contribution in [0.25, 0.3) is 0 Å². The highest BCUT2D eigenvalue weighted by molar-refractivity contribution is 5.66. The number of hydrogen-bond acceptors (Lipinski definition) is 5. The molecule has 0 aliphatic carbocycles. The van der Waals surface area contributed by atoms with Crippen LogP contribution in [0.2, 0.25) is 0 Å². The van der Waals surface area contributed by atoms with Crippen molar-refractivity contribution in [3.63, 3.8) is 0 Å². The van der Waals surface area contributed by atoms with Gasteiger partial charge in [-0.15, -0.1) is 5.06 Å². The lowest BCUT2D eigenvalue weighted by Crippen LogP contribution is -2.31. The lowest BCUT2D eigenvalue weighted by Gasteiger charge is -2.17. The van der Waals surface area contributed by atoms with Gasteiger partial charge >= 0.3 is 6.09 Å². The Balaban J connectivity index is 2.30. The summed E-state index contributed by atoms with van der Waals surface area (Å²) in [6.07, 6.45) is -0.0157. The average Bonchev–Trinajstić information content (AvgIpc) is 2.36. The summed E-state index contributed by atoms with van der Waals surface area (Å²) in [5.41, 5.74) is 1.12. The molecule has 6 heteroatoms. The number of nitrogens with zero attached hydrogens (tertiary/aromatic N) is 2. The predicted molar refractivity (Wildman–Crippen MR) is 70.0 cm³/mol. The molecule has 6 nitrogen and oxygen atoms in total. The first-order chi connectivity index (χ1) is 8.99. The van der Waals surface area contributed by atoms with Crippen molar-refractivity contribution in [1.29, 1.82) is 0 Å². The maximum atomic E-state index is 11.6. The second-order valence-corrected chi connectivity index (χ2v) is 4.25. The first-order valence-corrected chi connectivity index (χ1v) is 6.04. The van der Waals surface area contributed by atoms with E-state index in [1.54, 1.807) is 12.1 Å². The smallest absolute Gasteiger partial charge is 0.442 e. The monoisotopic (exact) mass is 268 g/mol. The SMILES string of the molecule is Cc1ccc(ON(C)C(=O)OCCCN(C)O)cc1. The number of aryl methyl sites for hydroxylation is 1. The molecular formula is C13H20N2O4. The third kappa shape index (κ3) is 6.08. The number of benzene rings is 1. The molecule has 0 spiro atoms. The molecule has 0 radical (unpaired) electrons. The maximum absolute atomic E-state index is 11.6. The largest absolute Gasteiger partial charge is 0.447 e. The van der Waals surface area contributed by atoms with E-state index in [2.05, 4.69) is 0 Å². The number of ether oxygens (including phenoxy) is 1. The van der Waals surface area contributed by atoms with E-state index in [0.29, 0.717) is 18.7 Å². The number of hydroxylamine groups is 4. The Morgan fingerprint density at radius 2 is 1.89 bits per heavy atom. The van der Waals surface area contributed by atoms with Crippen LogP contribution in [0.5, 0.6) is 5.75 Å². The predicted octanol–water partition coefficient (Wildman–Crippen LogP) is 2.07. The van der Waals surface area contributed by atoms with Crippen molar-refractivity contribution in [2.45, 2.75) is 13.3 Å². The number of hydrogen-bond donors (Lipinski definition) is 1. The molecule has 1 aromatic carbocycles. The van der Waals surface area contributed by atoms with E-state index >= 15 is 0 Å². The molecule has 19 heavy (non-hydrogen) atoms. The van der Waals surface area contributed by atoms with Crippen molar-refractivity contribution in [1.82, 2.24) is 10.1 Å². The minimum Gasteiger partial charge on any atom is -0.447 e. The summed E-state index contributed by atoms with van der Waals surface area (Å²) < 4.78 is 4.97. The van der Waals surface area contributed by atoms with Crippen LogP contribution in [0, 0.1) is 6.92 Å². The molecule has 0 aliphatic rings. The molecule has 0 saturated heterocycles. The maximum Gasteiger partial charge on any atom is 0.442 e. The molecule has 1 N–H and O–H groups in total. The van der Waals surface area contributed by atoms with Crippen LogP contribution in [0.4, 0.5) is 4.79 Å². The number of rotatable bonds is 6. The summed E-state index contributed by atoms with van der Waals surface area (Å²) >= 11 is 0. The lowest BCUT2D eigenvalue weighted by atomic mass is 10.2. The van der Waals surface area contributed by atoms with Crippen LogP contribution in [0.15, 0.2) is 24.3 Å². The van der Waals surface area contributed by atoms with Gasteiger partial charge in [0, 0.05) is 13.6 Å². The third-order valence-electron chi connectivity index (χ3n) is 2.37. The van der Waals surface area contributed by atoms with Crippen molar-refractivity contribution in [3.05, 3.63) is 29.8 Å². The highest BCUT2D eigenvalue weighted by atomic mass is 16.7. The van der Waals surface area contributed by atoms with Crippen molar-refractivity contribution in [2.24, 2.45) is 0 Å². The van der Waals surface area contributed by atoms with Gasteiger partial charge in [-0.25, -0.2) is 4.79 Å². The van der Waals surface area contributed by atoms with Gasteiger partial charge < -0.3 is 14.8 Å². The average molecular weight is 268 g/mol. The van der Waals surface area contributed by atoms with E-state index in [1.165, 1.54) is 14.1 Å². The Kier molecular flexibility index (Phi) is 6.11. The Morgan fingerprint density at radius 1 is 1.26 bits per heavy atom. The van der Waals surface area contributed by atoms with Crippen LogP contribution in [-0.2, 0) is 4.74 Å². The molecule has 0 aromatic heterocycles. The zero-order valence-electron chi connectivity index (χ0n) is 11.5. The van der Waals surface area contributed by atoms with Gasteiger partial charge in [0.05, 0.1) is 13.7 Å². The highest BCUT2D eigenvalue weighted by Crippen LogP contribution is 2.12. The zero-order chi connectivity index (χ0) is 14.3. The van der Waals surface area contributed by atoms with Gasteiger partial charge in [0.1, 0.15) is 0 Å². The quantitative estimate of drug-likeness (QED) is 0.632. The minimum atomic E-state index is -0.568. The van der Waals surface area contributed by atoms with Crippen LogP contribution in [0.3, 0.4) is 0 Å². The molecule has 0 aliphatic heterocycles. The molecule has 106 valence electrons. The fraction of sp³-hybridized carbons (Fsp3) is 0.462. The molecule has 0 saturated carbocycles. The zero-order valence-corrected chi connectivity index (χ0v) is 11.5. The van der Waals surface area contributed by atoms with Crippen LogP contribution in [-0.4, -0.2) is 48.7 Å². The van der Waals surface area contributed by atoms with Crippen molar-refractivity contribution >= 4 is 6.09 Å². The summed E-state index contributed by atoms with van der Waals surface area (Å²) in [6.45, 7) is 2.64. The summed E-state index contributed by atoms with van der Waals surface area (Å²) in [5.74, 6) is 0.570. The minimum absolute atomic E-state index is 0.228. The van der Waals surface area contributed by atoms with Crippen molar-refractivity contribution < 1.29 is 19.6 Å². The third-order valence-corrected chi connectivity index (χ3v) is 2.37. The van der Waals surface area contributed by atoms with E-state index in [-0.39, 0.29) is 6.61 Å². The topological polar surface area (TPSA) is 62.2 Å². The van der Waals surface area contributed by atoms with E-state index in [9.17, 15) is 4.79 Å². The van der Waals surface area contributed by atoms with E-state index < -0.39 is 6.09 Å². The molecule has 0 atom stereocenters. The van der Waals surface area contributed by atoms with Gasteiger partial charge in [-0.05, 0) is 25.5 Å². The molecule has 0 bridgehead atoms. The van der Waals surface area contributed by atoms with Gasteiger partial charge in [-0.1, -0.05) is 17.7 Å². The normalized spacial score (nSPS) is 10.4. The summed E-state index contributed by atoms with van der Waals surface area (Å²) in [5, 5.41) is 11.0. The van der Waals surface area contributed by atoms with E-state index in [4.69, 9.17) is 14.8 Å². The summed E-state index contributed by atoms with van der Waals surface area (Å²) in [4.78, 5) is 16.9. The fourth-order valence-electron chi connectivity index (χ4n) is 1.34. The van der Waals surface area contributed by atoms with Crippen LogP contribution >= 0.6 is 0 Å². The molecule has 0 heterocycles. The van der Waals surface area contributed by atoms with Gasteiger partial charge in [-0.3, -0.25) is 0 Å². The fourth-order valence-corrected chi connectivity index (χ4v) is 1.34. The first kappa shape index (κ1) is 15.3. The summed E-state index contributed by atoms with van der Waals surface area (Å²) in [7, 11) is 3.02. The molecule has 0 fully saturated rings. The Bertz CT molecular complexity index is 392. The first-order valence-electron chi connectivity index (χ1n) is 6.04.